The number of benzene rings is 1. The molecule has 1 aromatic carbocycles. The van der Waals surface area contributed by atoms with Crippen LogP contribution in [0.25, 0.3) is 6.08 Å². The molecule has 0 bridgehead atoms. The molecule has 0 saturated heterocycles. The fourth-order valence-electron chi connectivity index (χ4n) is 1.75. The van der Waals surface area contributed by atoms with Gasteiger partial charge < -0.3 is 4.74 Å². The summed E-state index contributed by atoms with van der Waals surface area (Å²) in [4.78, 5) is 0. The Morgan fingerprint density at radius 1 is 1.47 bits per heavy atom. The zero-order valence-electron chi connectivity index (χ0n) is 9.71. The van der Waals surface area contributed by atoms with E-state index in [1.807, 2.05) is 23.8 Å². The van der Waals surface area contributed by atoms with Crippen molar-refractivity contribution in [2.45, 2.75) is 13.3 Å². The van der Waals surface area contributed by atoms with Gasteiger partial charge >= 0.3 is 0 Å². The molecule has 1 rings (SSSR count). The highest BCUT2D eigenvalue weighted by molar-refractivity contribution is 5.69. The maximum absolute atomic E-state index is 5.30. The maximum Gasteiger partial charge on any atom is 0.218 e. The monoisotopic (exact) mass is 204 g/mol. The summed E-state index contributed by atoms with van der Waals surface area (Å²) in [7, 11) is 3.60. The molecule has 0 amide bonds. The number of nitrogens with zero attached hydrogens (tertiary/aromatic N) is 1. The van der Waals surface area contributed by atoms with Gasteiger partial charge in [0.25, 0.3) is 0 Å². The molecule has 0 aliphatic rings. The lowest BCUT2D eigenvalue weighted by Crippen LogP contribution is -2.02. The van der Waals surface area contributed by atoms with Crippen LogP contribution in [-0.2, 0) is 6.42 Å². The molecule has 0 N–H and O–H groups in total. The van der Waals surface area contributed by atoms with Crippen LogP contribution in [0.15, 0.2) is 18.7 Å². The molecule has 0 spiro atoms. The van der Waals surface area contributed by atoms with E-state index in [4.69, 9.17) is 4.74 Å². The van der Waals surface area contributed by atoms with Crippen molar-refractivity contribution in [2.75, 3.05) is 14.2 Å². The molecule has 0 heterocycles. The van der Waals surface area contributed by atoms with E-state index < -0.39 is 0 Å². The minimum atomic E-state index is 0.840. The van der Waals surface area contributed by atoms with Gasteiger partial charge in [0, 0.05) is 5.56 Å². The van der Waals surface area contributed by atoms with Gasteiger partial charge in [-0.05, 0) is 18.6 Å². The van der Waals surface area contributed by atoms with Crippen LogP contribution < -0.4 is 4.74 Å². The largest absolute Gasteiger partial charge is 0.496 e. The van der Waals surface area contributed by atoms with E-state index >= 15 is 0 Å². The lowest BCUT2D eigenvalue weighted by molar-refractivity contribution is -0.395. The standard InChI is InChI=1S/C13H18NO/c1-6-10-8-9-12(15-5)11(7-2)13(10)14(3)4/h7-9H,2-3,6H2,1,4-5H3/q+1. The van der Waals surface area contributed by atoms with Crippen LogP contribution in [0.4, 0.5) is 5.69 Å². The Labute approximate surface area is 91.5 Å². The van der Waals surface area contributed by atoms with Crippen LogP contribution in [-0.4, -0.2) is 25.5 Å². The topological polar surface area (TPSA) is 12.2 Å². The van der Waals surface area contributed by atoms with E-state index in [1.165, 1.54) is 5.56 Å². The molecule has 0 aliphatic carbocycles. The molecule has 0 saturated carbocycles. The number of rotatable bonds is 4. The van der Waals surface area contributed by atoms with Crippen molar-refractivity contribution in [3.63, 3.8) is 0 Å². The van der Waals surface area contributed by atoms with Gasteiger partial charge in [-0.25, -0.2) is 4.58 Å². The summed E-state index contributed by atoms with van der Waals surface area (Å²) >= 11 is 0. The maximum atomic E-state index is 5.30. The van der Waals surface area contributed by atoms with Gasteiger partial charge in [-0.1, -0.05) is 19.6 Å². The minimum Gasteiger partial charge on any atom is -0.496 e. The second-order valence-electron chi connectivity index (χ2n) is 3.44. The number of aryl methyl sites for hydroxylation is 1. The van der Waals surface area contributed by atoms with Gasteiger partial charge in [-0.15, -0.1) is 0 Å². The van der Waals surface area contributed by atoms with Crippen LogP contribution in [0.3, 0.4) is 0 Å². The Morgan fingerprint density at radius 2 is 2.13 bits per heavy atom. The minimum absolute atomic E-state index is 0.840. The second kappa shape index (κ2) is 4.78. The highest BCUT2D eigenvalue weighted by Crippen LogP contribution is 2.32. The molecule has 2 heteroatoms. The van der Waals surface area contributed by atoms with Crippen molar-refractivity contribution in [2.24, 2.45) is 0 Å². The summed E-state index contributed by atoms with van der Waals surface area (Å²) < 4.78 is 7.16. The number of hydrogen-bond acceptors (Lipinski definition) is 1. The molecule has 1 aromatic rings. The van der Waals surface area contributed by atoms with Gasteiger partial charge in [0.1, 0.15) is 19.5 Å². The normalized spacial score (nSPS) is 9.80. The first-order valence-electron chi connectivity index (χ1n) is 5.02. The Morgan fingerprint density at radius 3 is 2.53 bits per heavy atom. The molecule has 0 aliphatic heterocycles. The van der Waals surface area contributed by atoms with Gasteiger partial charge in [0.2, 0.25) is 5.69 Å². The number of hydrogen-bond donors (Lipinski definition) is 0. The number of ether oxygens (including phenoxy) is 1. The summed E-state index contributed by atoms with van der Waals surface area (Å²) in [6, 6.07) is 4.05. The van der Waals surface area contributed by atoms with E-state index in [1.54, 1.807) is 7.11 Å². The van der Waals surface area contributed by atoms with Crippen molar-refractivity contribution >= 4 is 18.5 Å². The molecule has 15 heavy (non-hydrogen) atoms. The Balaban J connectivity index is 3.51. The third-order valence-electron chi connectivity index (χ3n) is 2.45. The molecule has 80 valence electrons. The Bertz CT molecular complexity index is 394. The third-order valence-corrected chi connectivity index (χ3v) is 2.45. The highest BCUT2D eigenvalue weighted by atomic mass is 16.5. The fraction of sp³-hybridized carbons (Fsp3) is 0.308. The molecule has 2 nitrogen and oxygen atoms in total. The van der Waals surface area contributed by atoms with Crippen LogP contribution in [0.2, 0.25) is 0 Å². The summed E-state index contributed by atoms with van der Waals surface area (Å²) in [5.74, 6) is 0.840. The second-order valence-corrected chi connectivity index (χ2v) is 3.44. The zero-order valence-corrected chi connectivity index (χ0v) is 9.71. The molecule has 0 atom stereocenters. The molecule has 0 fully saturated rings. The third kappa shape index (κ3) is 2.09. The van der Waals surface area contributed by atoms with Gasteiger partial charge in [0.15, 0.2) is 0 Å². The Hall–Kier alpha value is -1.57. The van der Waals surface area contributed by atoms with E-state index in [0.717, 1.165) is 23.4 Å². The molecule has 0 unspecified atom stereocenters. The van der Waals surface area contributed by atoms with Gasteiger partial charge in [-0.2, -0.15) is 0 Å². The summed E-state index contributed by atoms with van der Waals surface area (Å²) in [5.41, 5.74) is 3.35. The molecule has 0 aromatic heterocycles. The van der Waals surface area contributed by atoms with Crippen molar-refractivity contribution in [1.82, 2.24) is 0 Å². The van der Waals surface area contributed by atoms with Crippen molar-refractivity contribution in [3.8, 4) is 5.75 Å². The van der Waals surface area contributed by atoms with Crippen molar-refractivity contribution in [3.05, 3.63) is 29.8 Å². The molecular formula is C13H18NO+. The molecular weight excluding hydrogens is 186 g/mol. The average molecular weight is 204 g/mol. The predicted octanol–water partition coefficient (Wildman–Crippen LogP) is 2.88. The van der Waals surface area contributed by atoms with E-state index in [9.17, 15) is 0 Å². The first-order chi connectivity index (χ1) is 7.15. The fourth-order valence-corrected chi connectivity index (χ4v) is 1.75. The van der Waals surface area contributed by atoms with Gasteiger partial charge in [-0.3, -0.25) is 0 Å². The van der Waals surface area contributed by atoms with Crippen LogP contribution in [0.1, 0.15) is 18.1 Å². The van der Waals surface area contributed by atoms with Crippen LogP contribution >= 0.6 is 0 Å². The zero-order chi connectivity index (χ0) is 11.4. The van der Waals surface area contributed by atoms with E-state index in [2.05, 4.69) is 26.3 Å². The lowest BCUT2D eigenvalue weighted by atomic mass is 10.0. The van der Waals surface area contributed by atoms with Gasteiger partial charge in [0.05, 0.1) is 12.7 Å². The van der Waals surface area contributed by atoms with E-state index in [0.29, 0.717) is 0 Å². The SMILES string of the molecule is C=Cc1c(OC)ccc(CC)c1[N+](=C)C. The Kier molecular flexibility index (Phi) is 3.67. The average Bonchev–Trinajstić information content (AvgIpc) is 2.26. The first-order valence-corrected chi connectivity index (χ1v) is 5.02. The summed E-state index contributed by atoms with van der Waals surface area (Å²) in [6.07, 6.45) is 2.79. The van der Waals surface area contributed by atoms with E-state index in [-0.39, 0.29) is 0 Å². The van der Waals surface area contributed by atoms with Crippen molar-refractivity contribution in [1.29, 1.82) is 0 Å². The first kappa shape index (κ1) is 11.5. The van der Waals surface area contributed by atoms with Crippen LogP contribution in [0, 0.1) is 0 Å². The molecule has 0 radical (unpaired) electrons. The van der Waals surface area contributed by atoms with Crippen LogP contribution in [0.5, 0.6) is 5.75 Å². The van der Waals surface area contributed by atoms with Crippen molar-refractivity contribution < 1.29 is 9.31 Å². The highest BCUT2D eigenvalue weighted by Gasteiger charge is 2.17. The summed E-state index contributed by atoms with van der Waals surface area (Å²) in [5, 5.41) is 0. The number of methoxy groups -OCH3 is 1. The quantitative estimate of drug-likeness (QED) is 0.542. The summed E-state index contributed by atoms with van der Waals surface area (Å²) in [6.45, 7) is 9.88. The predicted molar refractivity (Wildman–Crippen MR) is 65.4 cm³/mol. The lowest BCUT2D eigenvalue weighted by Gasteiger charge is -2.10. The smallest absolute Gasteiger partial charge is 0.218 e.